The van der Waals surface area contributed by atoms with E-state index in [-0.39, 0.29) is 0 Å². The van der Waals surface area contributed by atoms with Gasteiger partial charge in [-0.1, -0.05) is 19.6 Å². The van der Waals surface area contributed by atoms with Crippen molar-refractivity contribution in [3.05, 3.63) is 23.8 Å². The lowest BCUT2D eigenvalue weighted by molar-refractivity contribution is 1.11. The Labute approximate surface area is 66.9 Å². The molecule has 56 valence electrons. The normalized spacial score (nSPS) is 11.1. The molecule has 0 atom stereocenters. The predicted octanol–water partition coefficient (Wildman–Crippen LogP) is 2.86. The van der Waals surface area contributed by atoms with E-state index in [9.17, 15) is 0 Å². The molecule has 0 bridgehead atoms. The molecule has 0 heterocycles. The van der Waals surface area contributed by atoms with E-state index in [4.69, 9.17) is 0 Å². The molecular formula is C8H13NS. The average Bonchev–Trinajstić information content (AvgIpc) is 1.98. The highest BCUT2D eigenvalue weighted by atomic mass is 32.2. The van der Waals surface area contributed by atoms with Crippen LogP contribution in [0.15, 0.2) is 28.8 Å². The Kier molecular flexibility index (Phi) is 6.29. The summed E-state index contributed by atoms with van der Waals surface area (Å²) in [5, 5.41) is 0.955. The van der Waals surface area contributed by atoms with Crippen LogP contribution < -0.4 is 0 Å². The van der Waals surface area contributed by atoms with Gasteiger partial charge in [-0.3, -0.25) is 4.99 Å². The topological polar surface area (TPSA) is 12.4 Å². The highest BCUT2D eigenvalue weighted by Gasteiger charge is 1.89. The molecule has 0 amide bonds. The number of hydrogen-bond acceptors (Lipinski definition) is 2. The molecular weight excluding hydrogens is 142 g/mol. The van der Waals surface area contributed by atoms with E-state index in [2.05, 4.69) is 25.2 Å². The molecule has 10 heavy (non-hydrogen) atoms. The molecule has 0 aliphatic rings. The summed E-state index contributed by atoms with van der Waals surface area (Å²) in [4.78, 5) is 3.82. The third-order valence-corrected chi connectivity index (χ3v) is 2.04. The van der Waals surface area contributed by atoms with E-state index in [0.717, 1.165) is 17.2 Å². The molecule has 0 aromatic heterocycles. The second-order valence-electron chi connectivity index (χ2n) is 1.75. The van der Waals surface area contributed by atoms with Crippen LogP contribution >= 0.6 is 11.8 Å². The Bertz CT molecular complexity index is 138. The lowest BCUT2D eigenvalue weighted by atomic mass is 10.6. The van der Waals surface area contributed by atoms with Gasteiger partial charge in [0.1, 0.15) is 0 Å². The van der Waals surface area contributed by atoms with E-state index in [1.54, 1.807) is 17.8 Å². The van der Waals surface area contributed by atoms with Crippen molar-refractivity contribution in [1.82, 2.24) is 0 Å². The van der Waals surface area contributed by atoms with E-state index in [1.165, 1.54) is 0 Å². The Morgan fingerprint density at radius 1 is 1.70 bits per heavy atom. The summed E-state index contributed by atoms with van der Waals surface area (Å²) in [5.41, 5.74) is 0. The fraction of sp³-hybridized carbons (Fsp3) is 0.375. The van der Waals surface area contributed by atoms with Crippen molar-refractivity contribution in [2.24, 2.45) is 4.99 Å². The van der Waals surface area contributed by atoms with Crippen molar-refractivity contribution < 1.29 is 0 Å². The van der Waals surface area contributed by atoms with Crippen molar-refractivity contribution in [2.75, 3.05) is 5.75 Å². The molecule has 0 radical (unpaired) electrons. The van der Waals surface area contributed by atoms with Crippen LogP contribution in [0.3, 0.4) is 0 Å². The first kappa shape index (κ1) is 9.50. The number of thioether (sulfide) groups is 1. The maximum absolute atomic E-state index is 3.82. The molecule has 0 aliphatic carbocycles. The first-order valence-electron chi connectivity index (χ1n) is 3.27. The number of hydrogen-bond donors (Lipinski definition) is 0. The summed E-state index contributed by atoms with van der Waals surface area (Å²) in [7, 11) is 0. The van der Waals surface area contributed by atoms with Crippen LogP contribution in [-0.2, 0) is 0 Å². The Morgan fingerprint density at radius 3 is 2.80 bits per heavy atom. The maximum atomic E-state index is 3.82. The van der Waals surface area contributed by atoms with Crippen molar-refractivity contribution >= 4 is 18.5 Å². The SMILES string of the molecule is C=C/C=C(\N=C)SCCC. The summed E-state index contributed by atoms with van der Waals surface area (Å²) < 4.78 is 0. The largest absolute Gasteiger partial charge is 0.258 e. The smallest absolute Gasteiger partial charge is 0.0952 e. The first-order valence-corrected chi connectivity index (χ1v) is 4.26. The van der Waals surface area contributed by atoms with Crippen LogP contribution in [-0.4, -0.2) is 12.5 Å². The van der Waals surface area contributed by atoms with Gasteiger partial charge in [0, 0.05) is 0 Å². The standard InChI is InChI=1S/C8H13NS/c1-4-6-8(9-3)10-7-5-2/h4,6H,1,3,5,7H2,2H3/b8-6+. The first-order chi connectivity index (χ1) is 4.85. The lowest BCUT2D eigenvalue weighted by Gasteiger charge is -1.95. The summed E-state index contributed by atoms with van der Waals surface area (Å²) >= 11 is 1.71. The fourth-order valence-corrected chi connectivity index (χ4v) is 1.15. The van der Waals surface area contributed by atoms with E-state index < -0.39 is 0 Å². The van der Waals surface area contributed by atoms with Crippen molar-refractivity contribution in [3.63, 3.8) is 0 Å². The minimum absolute atomic E-state index is 0.955. The van der Waals surface area contributed by atoms with Crippen LogP contribution in [0.1, 0.15) is 13.3 Å². The second-order valence-corrected chi connectivity index (χ2v) is 2.86. The molecule has 1 nitrogen and oxygen atoms in total. The van der Waals surface area contributed by atoms with Crippen molar-refractivity contribution in [1.29, 1.82) is 0 Å². The molecule has 0 saturated heterocycles. The van der Waals surface area contributed by atoms with Gasteiger partial charge in [0.25, 0.3) is 0 Å². The zero-order chi connectivity index (χ0) is 7.82. The van der Waals surface area contributed by atoms with E-state index in [1.807, 2.05) is 6.08 Å². The highest BCUT2D eigenvalue weighted by molar-refractivity contribution is 8.03. The molecule has 0 unspecified atom stereocenters. The van der Waals surface area contributed by atoms with Gasteiger partial charge < -0.3 is 0 Å². The lowest BCUT2D eigenvalue weighted by Crippen LogP contribution is -1.74. The van der Waals surface area contributed by atoms with Gasteiger partial charge in [0.15, 0.2) is 0 Å². The summed E-state index contributed by atoms with van der Waals surface area (Å²) in [6.07, 6.45) is 4.76. The summed E-state index contributed by atoms with van der Waals surface area (Å²) in [5.74, 6) is 1.10. The van der Waals surface area contributed by atoms with E-state index >= 15 is 0 Å². The fourth-order valence-electron chi connectivity index (χ4n) is 0.454. The molecule has 0 N–H and O–H groups in total. The molecule has 0 aromatic rings. The zero-order valence-corrected chi connectivity index (χ0v) is 7.16. The number of aliphatic imine (C=N–C) groups is 1. The van der Waals surface area contributed by atoms with Gasteiger partial charge in [-0.2, -0.15) is 0 Å². The number of rotatable bonds is 5. The third kappa shape index (κ3) is 4.39. The van der Waals surface area contributed by atoms with Crippen LogP contribution in [0.5, 0.6) is 0 Å². The minimum atomic E-state index is 0.955. The Hall–Kier alpha value is -0.500. The van der Waals surface area contributed by atoms with Gasteiger partial charge >= 0.3 is 0 Å². The number of nitrogens with zero attached hydrogens (tertiary/aromatic N) is 1. The van der Waals surface area contributed by atoms with Crippen LogP contribution in [0.2, 0.25) is 0 Å². The molecule has 0 rings (SSSR count). The molecule has 2 heteroatoms. The Balaban J connectivity index is 3.70. The average molecular weight is 155 g/mol. The van der Waals surface area contributed by atoms with E-state index in [0.29, 0.717) is 0 Å². The van der Waals surface area contributed by atoms with Crippen molar-refractivity contribution in [3.8, 4) is 0 Å². The van der Waals surface area contributed by atoms with Gasteiger partial charge in [0.05, 0.1) is 5.03 Å². The molecule has 0 saturated carbocycles. The highest BCUT2D eigenvalue weighted by Crippen LogP contribution is 2.16. The molecule has 0 spiro atoms. The van der Waals surface area contributed by atoms with Gasteiger partial charge in [-0.05, 0) is 25.0 Å². The number of allylic oxidation sites excluding steroid dienone is 2. The van der Waals surface area contributed by atoms with Crippen LogP contribution in [0.25, 0.3) is 0 Å². The maximum Gasteiger partial charge on any atom is 0.0952 e. The van der Waals surface area contributed by atoms with Crippen LogP contribution in [0.4, 0.5) is 0 Å². The monoisotopic (exact) mass is 155 g/mol. The summed E-state index contributed by atoms with van der Waals surface area (Å²) in [6, 6.07) is 0. The predicted molar refractivity (Wildman–Crippen MR) is 50.6 cm³/mol. The minimum Gasteiger partial charge on any atom is -0.258 e. The Morgan fingerprint density at radius 2 is 2.40 bits per heavy atom. The van der Waals surface area contributed by atoms with Crippen LogP contribution in [0, 0.1) is 0 Å². The second kappa shape index (κ2) is 6.62. The zero-order valence-electron chi connectivity index (χ0n) is 6.34. The molecule has 0 fully saturated rings. The third-order valence-electron chi connectivity index (χ3n) is 0.870. The van der Waals surface area contributed by atoms with Gasteiger partial charge in [-0.25, -0.2) is 0 Å². The van der Waals surface area contributed by atoms with Gasteiger partial charge in [0.2, 0.25) is 0 Å². The summed E-state index contributed by atoms with van der Waals surface area (Å²) in [6.45, 7) is 9.17. The van der Waals surface area contributed by atoms with Gasteiger partial charge in [-0.15, -0.1) is 11.8 Å². The molecule has 0 aromatic carbocycles. The molecule has 0 aliphatic heterocycles. The quantitative estimate of drug-likeness (QED) is 0.439. The van der Waals surface area contributed by atoms with Crippen molar-refractivity contribution in [2.45, 2.75) is 13.3 Å².